The number of amides is 2. The van der Waals surface area contributed by atoms with Crippen molar-refractivity contribution in [1.29, 1.82) is 0 Å². The van der Waals surface area contributed by atoms with Crippen LogP contribution in [-0.2, 0) is 9.59 Å². The molecule has 0 radical (unpaired) electrons. The molecule has 0 saturated carbocycles. The zero-order valence-corrected chi connectivity index (χ0v) is 16.2. The van der Waals surface area contributed by atoms with Crippen molar-refractivity contribution in [3.05, 3.63) is 76.4 Å². The van der Waals surface area contributed by atoms with Gasteiger partial charge in [-0.05, 0) is 0 Å². The maximum absolute atomic E-state index is 12.7. The minimum absolute atomic E-state index is 0.0128. The van der Waals surface area contributed by atoms with Gasteiger partial charge < -0.3 is 0 Å². The molecule has 27 heavy (non-hydrogen) atoms. The van der Waals surface area contributed by atoms with Gasteiger partial charge in [-0.3, -0.25) is 0 Å². The van der Waals surface area contributed by atoms with Gasteiger partial charge in [0.05, 0.1) is 0 Å². The SMILES string of the molecule is O=C(C=Cc1cccc([N+](=O)[O-])c1)N1CCCC([Se]c2ccccc2)C1=O. The molecule has 7 heteroatoms. The first-order valence-corrected chi connectivity index (χ1v) is 10.4. The first-order valence-electron chi connectivity index (χ1n) is 8.54. The fraction of sp³-hybridized carbons (Fsp3) is 0.200. The van der Waals surface area contributed by atoms with Crippen LogP contribution in [-0.4, -0.2) is 43.1 Å². The normalized spacial score (nSPS) is 17.3. The minimum atomic E-state index is -0.483. The van der Waals surface area contributed by atoms with Crippen LogP contribution in [0.2, 0.25) is 4.82 Å². The van der Waals surface area contributed by atoms with Gasteiger partial charge in [0.15, 0.2) is 0 Å². The zero-order valence-electron chi connectivity index (χ0n) is 14.5. The monoisotopic (exact) mass is 430 g/mol. The van der Waals surface area contributed by atoms with Gasteiger partial charge in [-0.2, -0.15) is 0 Å². The molecule has 6 nitrogen and oxygen atoms in total. The predicted octanol–water partition coefficient (Wildman–Crippen LogP) is 2.58. The number of carbonyl (C=O) groups excluding carboxylic acids is 2. The molecule has 138 valence electrons. The van der Waals surface area contributed by atoms with E-state index in [4.69, 9.17) is 0 Å². The molecule has 2 aromatic rings. The molecule has 1 fully saturated rings. The Morgan fingerprint density at radius 3 is 2.70 bits per heavy atom. The molecule has 0 aromatic heterocycles. The first kappa shape index (κ1) is 19.0. The fourth-order valence-electron chi connectivity index (χ4n) is 2.83. The average molecular weight is 429 g/mol. The van der Waals surface area contributed by atoms with Crippen LogP contribution in [0.15, 0.2) is 60.7 Å². The van der Waals surface area contributed by atoms with E-state index in [-0.39, 0.29) is 37.3 Å². The number of hydrogen-bond acceptors (Lipinski definition) is 4. The van der Waals surface area contributed by atoms with Crippen molar-refractivity contribution >= 4 is 43.0 Å². The standard InChI is InChI=1S/C20H18N2O4Se/c23-19(12-11-15-6-4-7-16(14-15)22(25)26)21-13-5-10-18(20(21)24)27-17-8-2-1-3-9-17/h1-4,6-9,11-12,14,18H,5,10,13H2. The van der Waals surface area contributed by atoms with E-state index in [0.29, 0.717) is 12.1 Å². The Morgan fingerprint density at radius 2 is 1.96 bits per heavy atom. The number of benzene rings is 2. The van der Waals surface area contributed by atoms with Crippen LogP contribution in [0, 0.1) is 10.1 Å². The van der Waals surface area contributed by atoms with Gasteiger partial charge in [0, 0.05) is 0 Å². The molecule has 1 atom stereocenters. The topological polar surface area (TPSA) is 80.5 Å². The predicted molar refractivity (Wildman–Crippen MR) is 104 cm³/mol. The summed E-state index contributed by atoms with van der Waals surface area (Å²) in [5.41, 5.74) is 0.510. The van der Waals surface area contributed by atoms with Gasteiger partial charge >= 0.3 is 163 Å². The summed E-state index contributed by atoms with van der Waals surface area (Å²) in [6, 6.07) is 15.9. The van der Waals surface area contributed by atoms with Crippen molar-refractivity contribution in [3.8, 4) is 0 Å². The van der Waals surface area contributed by atoms with E-state index >= 15 is 0 Å². The molecular weight excluding hydrogens is 411 g/mol. The summed E-state index contributed by atoms with van der Waals surface area (Å²) in [6.07, 6.45) is 4.41. The zero-order chi connectivity index (χ0) is 19.2. The summed E-state index contributed by atoms with van der Waals surface area (Å²) in [5.74, 6) is -0.501. The van der Waals surface area contributed by atoms with Crippen molar-refractivity contribution in [2.45, 2.75) is 17.7 Å². The number of hydrogen-bond donors (Lipinski definition) is 0. The summed E-state index contributed by atoms with van der Waals surface area (Å²) in [7, 11) is 0. The van der Waals surface area contributed by atoms with Gasteiger partial charge in [-0.15, -0.1) is 0 Å². The Kier molecular flexibility index (Phi) is 6.16. The maximum atomic E-state index is 12.7. The summed E-state index contributed by atoms with van der Waals surface area (Å²) in [4.78, 5) is 36.7. The molecule has 0 aliphatic carbocycles. The van der Waals surface area contributed by atoms with Crippen LogP contribution in [0.1, 0.15) is 18.4 Å². The van der Waals surface area contributed by atoms with Crippen LogP contribution in [0.25, 0.3) is 6.08 Å². The molecule has 1 aliphatic rings. The Balaban J connectivity index is 1.68. The number of carbonyl (C=O) groups is 2. The molecule has 2 aromatic carbocycles. The Bertz CT molecular complexity index is 883. The third kappa shape index (κ3) is 4.90. The Labute approximate surface area is 163 Å². The van der Waals surface area contributed by atoms with E-state index in [1.165, 1.54) is 29.2 Å². The van der Waals surface area contributed by atoms with E-state index in [2.05, 4.69) is 0 Å². The van der Waals surface area contributed by atoms with Crippen molar-refractivity contribution in [2.24, 2.45) is 0 Å². The van der Waals surface area contributed by atoms with Gasteiger partial charge in [0.25, 0.3) is 0 Å². The number of nitro benzene ring substituents is 1. The first-order chi connectivity index (χ1) is 13.0. The summed E-state index contributed by atoms with van der Waals surface area (Å²) < 4.78 is 1.14. The molecule has 0 N–H and O–H groups in total. The third-order valence-corrected chi connectivity index (χ3v) is 6.83. The number of rotatable bonds is 5. The second-order valence-corrected chi connectivity index (χ2v) is 8.75. The molecule has 1 heterocycles. The molecule has 1 aliphatic heterocycles. The van der Waals surface area contributed by atoms with E-state index in [0.717, 1.165) is 17.3 Å². The Morgan fingerprint density at radius 1 is 1.19 bits per heavy atom. The van der Waals surface area contributed by atoms with Crippen molar-refractivity contribution < 1.29 is 14.5 Å². The van der Waals surface area contributed by atoms with Crippen LogP contribution >= 0.6 is 0 Å². The molecular formula is C20H18N2O4Se. The van der Waals surface area contributed by atoms with E-state index in [1.807, 2.05) is 30.3 Å². The summed E-state index contributed by atoms with van der Waals surface area (Å²) >= 11 is -0.0128. The molecule has 2 amide bonds. The van der Waals surface area contributed by atoms with Crippen molar-refractivity contribution in [2.75, 3.05) is 6.54 Å². The number of piperidine rings is 1. The van der Waals surface area contributed by atoms with Crippen LogP contribution in [0.3, 0.4) is 0 Å². The van der Waals surface area contributed by atoms with E-state index < -0.39 is 4.92 Å². The van der Waals surface area contributed by atoms with Gasteiger partial charge in [0.1, 0.15) is 0 Å². The quantitative estimate of drug-likeness (QED) is 0.317. The van der Waals surface area contributed by atoms with Crippen LogP contribution in [0.4, 0.5) is 5.69 Å². The van der Waals surface area contributed by atoms with Crippen molar-refractivity contribution in [1.82, 2.24) is 4.90 Å². The summed E-state index contributed by atoms with van der Waals surface area (Å²) in [5, 5.41) is 10.8. The van der Waals surface area contributed by atoms with E-state index in [1.54, 1.807) is 12.1 Å². The van der Waals surface area contributed by atoms with Gasteiger partial charge in [-0.1, -0.05) is 0 Å². The number of nitrogens with zero attached hydrogens (tertiary/aromatic N) is 2. The number of non-ortho nitro benzene ring substituents is 1. The molecule has 1 unspecified atom stereocenters. The second kappa shape index (κ2) is 8.75. The number of nitro groups is 1. The number of imide groups is 1. The summed E-state index contributed by atoms with van der Waals surface area (Å²) in [6.45, 7) is 0.415. The van der Waals surface area contributed by atoms with Crippen LogP contribution in [0.5, 0.6) is 0 Å². The van der Waals surface area contributed by atoms with Gasteiger partial charge in [-0.25, -0.2) is 0 Å². The Hall–Kier alpha value is -2.76. The number of likely N-dealkylation sites (tertiary alicyclic amines) is 1. The van der Waals surface area contributed by atoms with Crippen LogP contribution < -0.4 is 4.46 Å². The molecule has 0 bridgehead atoms. The van der Waals surface area contributed by atoms with E-state index in [9.17, 15) is 19.7 Å². The molecule has 3 rings (SSSR count). The van der Waals surface area contributed by atoms with Crippen molar-refractivity contribution in [3.63, 3.8) is 0 Å². The second-order valence-electron chi connectivity index (χ2n) is 6.08. The molecule has 1 saturated heterocycles. The average Bonchev–Trinajstić information content (AvgIpc) is 2.69. The third-order valence-electron chi connectivity index (χ3n) is 4.18. The fourth-order valence-corrected chi connectivity index (χ4v) is 5.26. The molecule has 0 spiro atoms. The van der Waals surface area contributed by atoms with Gasteiger partial charge in [0.2, 0.25) is 0 Å².